The summed E-state index contributed by atoms with van der Waals surface area (Å²) in [5.74, 6) is -1.33. The molecule has 0 bridgehead atoms. The number of carboxylic acids is 1. The van der Waals surface area contributed by atoms with Crippen LogP contribution in [0.25, 0.3) is 0 Å². The molecule has 0 spiro atoms. The van der Waals surface area contributed by atoms with Gasteiger partial charge in [-0.3, -0.25) is 9.59 Å². The molecular weight excluding hydrogens is 368 g/mol. The van der Waals surface area contributed by atoms with Gasteiger partial charge in [0, 0.05) is 17.7 Å². The van der Waals surface area contributed by atoms with E-state index in [1.54, 1.807) is 6.92 Å². The molecule has 29 heavy (non-hydrogen) atoms. The molecule has 0 saturated carbocycles. The molecule has 1 amide bonds. The van der Waals surface area contributed by atoms with Crippen LogP contribution in [0.3, 0.4) is 0 Å². The fourth-order valence-electron chi connectivity index (χ4n) is 4.84. The first-order valence-corrected chi connectivity index (χ1v) is 10.3. The van der Waals surface area contributed by atoms with Crippen molar-refractivity contribution in [3.05, 3.63) is 57.9 Å². The Balaban J connectivity index is 1.53. The largest absolute Gasteiger partial charge is 0.480 e. The van der Waals surface area contributed by atoms with Crippen molar-refractivity contribution in [3.8, 4) is 0 Å². The van der Waals surface area contributed by atoms with Crippen molar-refractivity contribution in [1.29, 1.82) is 0 Å². The number of nitrogens with one attached hydrogen (secondary N) is 2. The predicted molar refractivity (Wildman–Crippen MR) is 108 cm³/mol. The summed E-state index contributed by atoms with van der Waals surface area (Å²) in [5.41, 5.74) is 4.78. The number of hydrogen-bond donors (Lipinski definition) is 3. The highest BCUT2D eigenvalue weighted by Crippen LogP contribution is 2.35. The van der Waals surface area contributed by atoms with Crippen LogP contribution in [0.1, 0.15) is 81.3 Å². The Morgan fingerprint density at radius 2 is 2.00 bits per heavy atom. The summed E-state index contributed by atoms with van der Waals surface area (Å²) in [6.45, 7) is 1.75. The van der Waals surface area contributed by atoms with Crippen LogP contribution in [0.5, 0.6) is 0 Å². The maximum atomic E-state index is 12.9. The second kappa shape index (κ2) is 7.85. The smallest absolute Gasteiger partial charge is 0.326 e. The van der Waals surface area contributed by atoms with Crippen LogP contribution >= 0.6 is 0 Å². The van der Waals surface area contributed by atoms with Gasteiger partial charge in [-0.2, -0.15) is 0 Å². The molecule has 0 radical (unpaired) electrons. The standard InChI is InChI=1S/C23H26N2O4/c1-13-20-17(10-5-11-19(20)26)24-21(13)22(27)25-18(23(28)29)12-15-8-4-7-14-6-2-3-9-16(14)15/h2-3,6,9,15,18,24H,4-5,7-8,10-12H2,1H3,(H,25,27)(H,28,29). The summed E-state index contributed by atoms with van der Waals surface area (Å²) in [5, 5.41) is 12.4. The van der Waals surface area contributed by atoms with Gasteiger partial charge in [0.05, 0.1) is 0 Å². The maximum absolute atomic E-state index is 12.9. The number of aliphatic carboxylic acids is 1. The Morgan fingerprint density at radius 3 is 2.76 bits per heavy atom. The molecule has 6 nitrogen and oxygen atoms in total. The van der Waals surface area contributed by atoms with Gasteiger partial charge in [-0.1, -0.05) is 24.3 Å². The van der Waals surface area contributed by atoms with Crippen molar-refractivity contribution in [3.63, 3.8) is 0 Å². The summed E-state index contributed by atoms with van der Waals surface area (Å²) in [6, 6.07) is 7.17. The van der Waals surface area contributed by atoms with Gasteiger partial charge in [-0.15, -0.1) is 0 Å². The fourth-order valence-corrected chi connectivity index (χ4v) is 4.84. The number of H-pyrrole nitrogens is 1. The highest BCUT2D eigenvalue weighted by molar-refractivity contribution is 6.04. The second-order valence-corrected chi connectivity index (χ2v) is 8.14. The molecule has 1 aromatic carbocycles. The summed E-state index contributed by atoms with van der Waals surface area (Å²) in [6.07, 6.45) is 5.30. The average molecular weight is 394 g/mol. The van der Waals surface area contributed by atoms with E-state index < -0.39 is 17.9 Å². The fraction of sp³-hybridized carbons (Fsp3) is 0.435. The molecule has 0 saturated heterocycles. The number of amides is 1. The zero-order valence-electron chi connectivity index (χ0n) is 16.6. The normalized spacial score (nSPS) is 19.2. The van der Waals surface area contributed by atoms with Crippen molar-refractivity contribution < 1.29 is 19.5 Å². The van der Waals surface area contributed by atoms with E-state index in [9.17, 15) is 19.5 Å². The number of hydrogen-bond acceptors (Lipinski definition) is 3. The van der Waals surface area contributed by atoms with Gasteiger partial charge in [-0.05, 0) is 68.1 Å². The molecule has 4 rings (SSSR count). The Kier molecular flexibility index (Phi) is 5.26. The number of carboxylic acid groups (broad SMARTS) is 1. The van der Waals surface area contributed by atoms with Crippen molar-refractivity contribution in [2.24, 2.45) is 0 Å². The molecule has 2 unspecified atom stereocenters. The molecule has 2 aliphatic carbocycles. The zero-order chi connectivity index (χ0) is 20.5. The lowest BCUT2D eigenvalue weighted by Gasteiger charge is -2.28. The van der Waals surface area contributed by atoms with Crippen LogP contribution in [0, 0.1) is 6.92 Å². The third-order valence-corrected chi connectivity index (χ3v) is 6.28. The monoisotopic (exact) mass is 394 g/mol. The quantitative estimate of drug-likeness (QED) is 0.722. The maximum Gasteiger partial charge on any atom is 0.326 e. The molecule has 3 N–H and O–H groups in total. The first-order chi connectivity index (χ1) is 14.0. The molecule has 2 atom stereocenters. The van der Waals surface area contributed by atoms with E-state index in [-0.39, 0.29) is 11.7 Å². The minimum Gasteiger partial charge on any atom is -0.480 e. The van der Waals surface area contributed by atoms with Crippen LogP contribution in [-0.4, -0.2) is 33.8 Å². The highest BCUT2D eigenvalue weighted by atomic mass is 16.4. The number of fused-ring (bicyclic) bond motifs is 2. The Hall–Kier alpha value is -2.89. The summed E-state index contributed by atoms with van der Waals surface area (Å²) in [4.78, 5) is 40.1. The SMILES string of the molecule is Cc1c(C(=O)NC(CC2CCCc3ccccc32)C(=O)O)[nH]c2c1C(=O)CCC2. The van der Waals surface area contributed by atoms with Crippen molar-refractivity contribution in [1.82, 2.24) is 10.3 Å². The number of rotatable bonds is 5. The van der Waals surface area contributed by atoms with Crippen molar-refractivity contribution >= 4 is 17.7 Å². The van der Waals surface area contributed by atoms with E-state index in [0.29, 0.717) is 29.7 Å². The third kappa shape index (κ3) is 3.71. The molecule has 6 heteroatoms. The highest BCUT2D eigenvalue weighted by Gasteiger charge is 2.31. The van der Waals surface area contributed by atoms with E-state index in [4.69, 9.17) is 0 Å². The molecule has 0 aliphatic heterocycles. The number of Topliss-reactive ketones (excluding diaryl/α,β-unsaturated/α-hetero) is 1. The third-order valence-electron chi connectivity index (χ3n) is 6.28. The van der Waals surface area contributed by atoms with Gasteiger partial charge in [0.15, 0.2) is 5.78 Å². The van der Waals surface area contributed by atoms with Gasteiger partial charge in [-0.25, -0.2) is 4.79 Å². The second-order valence-electron chi connectivity index (χ2n) is 8.14. The van der Waals surface area contributed by atoms with Crippen molar-refractivity contribution in [2.45, 2.75) is 63.8 Å². The number of benzene rings is 1. The number of carbonyl (C=O) groups is 3. The minimum atomic E-state index is -1.04. The average Bonchev–Trinajstić information content (AvgIpc) is 3.05. The Morgan fingerprint density at radius 1 is 1.21 bits per heavy atom. The Bertz CT molecular complexity index is 975. The predicted octanol–water partition coefficient (Wildman–Crippen LogP) is 3.54. The number of aromatic nitrogens is 1. The van der Waals surface area contributed by atoms with Gasteiger partial charge in [0.2, 0.25) is 0 Å². The van der Waals surface area contributed by atoms with Gasteiger partial charge in [0.1, 0.15) is 11.7 Å². The molecular formula is C23H26N2O4. The number of aryl methyl sites for hydroxylation is 2. The number of ketones is 1. The molecule has 0 fully saturated rings. The van der Waals surface area contributed by atoms with E-state index in [1.807, 2.05) is 12.1 Å². The van der Waals surface area contributed by atoms with Gasteiger partial charge >= 0.3 is 5.97 Å². The van der Waals surface area contributed by atoms with Crippen LogP contribution in [0.2, 0.25) is 0 Å². The Labute approximate surface area is 169 Å². The molecule has 152 valence electrons. The lowest BCUT2D eigenvalue weighted by Crippen LogP contribution is -2.42. The zero-order valence-corrected chi connectivity index (χ0v) is 16.6. The summed E-state index contributed by atoms with van der Waals surface area (Å²) in [7, 11) is 0. The summed E-state index contributed by atoms with van der Waals surface area (Å²) < 4.78 is 0. The van der Waals surface area contributed by atoms with Crippen LogP contribution in [-0.2, 0) is 17.6 Å². The van der Waals surface area contributed by atoms with Crippen LogP contribution < -0.4 is 5.32 Å². The van der Waals surface area contributed by atoms with Crippen LogP contribution in [0.4, 0.5) is 0 Å². The lowest BCUT2D eigenvalue weighted by molar-refractivity contribution is -0.139. The van der Waals surface area contributed by atoms with E-state index in [1.165, 1.54) is 11.1 Å². The molecule has 2 aromatic rings. The van der Waals surface area contributed by atoms with E-state index in [0.717, 1.165) is 37.8 Å². The first kappa shape index (κ1) is 19.4. The number of aromatic amines is 1. The first-order valence-electron chi connectivity index (χ1n) is 10.3. The van der Waals surface area contributed by atoms with Crippen molar-refractivity contribution in [2.75, 3.05) is 0 Å². The molecule has 1 heterocycles. The lowest BCUT2D eigenvalue weighted by atomic mass is 9.79. The van der Waals surface area contributed by atoms with Crippen LogP contribution in [0.15, 0.2) is 24.3 Å². The summed E-state index contributed by atoms with van der Waals surface area (Å²) >= 11 is 0. The van der Waals surface area contributed by atoms with E-state index in [2.05, 4.69) is 22.4 Å². The molecule has 1 aromatic heterocycles. The minimum absolute atomic E-state index is 0.0487. The van der Waals surface area contributed by atoms with Gasteiger partial charge < -0.3 is 15.4 Å². The van der Waals surface area contributed by atoms with Gasteiger partial charge in [0.25, 0.3) is 5.91 Å². The molecule has 2 aliphatic rings. The number of carbonyl (C=O) groups excluding carboxylic acids is 2. The van der Waals surface area contributed by atoms with E-state index >= 15 is 0 Å². The topological polar surface area (TPSA) is 99.3 Å².